The SMILES string of the molecule is CCCCCCC(=O)Oc1cccc([N+](=O)[O-])c1. The van der Waals surface area contributed by atoms with E-state index >= 15 is 0 Å². The third kappa shape index (κ3) is 4.95. The quantitative estimate of drug-likeness (QED) is 0.244. The molecule has 1 aromatic rings. The van der Waals surface area contributed by atoms with Gasteiger partial charge in [0.15, 0.2) is 0 Å². The number of unbranched alkanes of at least 4 members (excludes halogenated alkanes) is 3. The highest BCUT2D eigenvalue weighted by Gasteiger charge is 2.09. The number of carbonyl (C=O) groups is 1. The number of non-ortho nitro benzene ring substituents is 1. The fourth-order valence-electron chi connectivity index (χ4n) is 1.54. The fraction of sp³-hybridized carbons (Fsp3) is 0.462. The van der Waals surface area contributed by atoms with Gasteiger partial charge in [-0.05, 0) is 12.5 Å². The van der Waals surface area contributed by atoms with Gasteiger partial charge in [-0.2, -0.15) is 0 Å². The van der Waals surface area contributed by atoms with Gasteiger partial charge < -0.3 is 4.74 Å². The van der Waals surface area contributed by atoms with Crippen LogP contribution in [0.25, 0.3) is 0 Å². The summed E-state index contributed by atoms with van der Waals surface area (Å²) in [6.07, 6.45) is 4.36. The zero-order valence-electron chi connectivity index (χ0n) is 10.4. The van der Waals surface area contributed by atoms with Crippen molar-refractivity contribution >= 4 is 11.7 Å². The normalized spacial score (nSPS) is 10.1. The molecule has 5 heteroatoms. The number of nitrogens with zero attached hydrogens (tertiary/aromatic N) is 1. The molecule has 0 saturated carbocycles. The van der Waals surface area contributed by atoms with E-state index in [4.69, 9.17) is 4.74 Å². The zero-order chi connectivity index (χ0) is 13.4. The van der Waals surface area contributed by atoms with Crippen LogP contribution >= 0.6 is 0 Å². The molecule has 0 unspecified atom stereocenters. The van der Waals surface area contributed by atoms with Crippen LogP contribution in [-0.4, -0.2) is 10.9 Å². The lowest BCUT2D eigenvalue weighted by Gasteiger charge is -2.03. The van der Waals surface area contributed by atoms with E-state index in [1.54, 1.807) is 0 Å². The Kier molecular flexibility index (Phi) is 5.84. The van der Waals surface area contributed by atoms with Crippen LogP contribution in [0, 0.1) is 10.1 Å². The molecule has 0 amide bonds. The van der Waals surface area contributed by atoms with Crippen molar-refractivity contribution in [3.8, 4) is 5.75 Å². The summed E-state index contributed by atoms with van der Waals surface area (Å²) >= 11 is 0. The summed E-state index contributed by atoms with van der Waals surface area (Å²) < 4.78 is 5.04. The highest BCUT2D eigenvalue weighted by molar-refractivity contribution is 5.72. The molecule has 1 aromatic carbocycles. The predicted octanol–water partition coefficient (Wildman–Crippen LogP) is 3.47. The minimum Gasteiger partial charge on any atom is -0.426 e. The van der Waals surface area contributed by atoms with Crippen molar-refractivity contribution in [1.82, 2.24) is 0 Å². The van der Waals surface area contributed by atoms with E-state index in [0.717, 1.165) is 25.7 Å². The number of hydrogen-bond acceptors (Lipinski definition) is 4. The summed E-state index contributed by atoms with van der Waals surface area (Å²) in [7, 11) is 0. The minimum atomic E-state index is -0.515. The van der Waals surface area contributed by atoms with Crippen molar-refractivity contribution < 1.29 is 14.5 Å². The van der Waals surface area contributed by atoms with Gasteiger partial charge in [0.25, 0.3) is 5.69 Å². The lowest BCUT2D eigenvalue weighted by Crippen LogP contribution is -2.07. The number of benzene rings is 1. The van der Waals surface area contributed by atoms with E-state index in [2.05, 4.69) is 6.92 Å². The zero-order valence-corrected chi connectivity index (χ0v) is 10.4. The molecule has 0 heterocycles. The molecule has 0 N–H and O–H groups in total. The van der Waals surface area contributed by atoms with Crippen molar-refractivity contribution in [3.63, 3.8) is 0 Å². The first-order chi connectivity index (χ1) is 8.63. The van der Waals surface area contributed by atoms with Crippen LogP contribution in [0.4, 0.5) is 5.69 Å². The summed E-state index contributed by atoms with van der Waals surface area (Å²) in [4.78, 5) is 21.5. The van der Waals surface area contributed by atoms with Gasteiger partial charge in [0.2, 0.25) is 0 Å². The lowest BCUT2D eigenvalue weighted by atomic mass is 10.1. The Morgan fingerprint density at radius 2 is 2.11 bits per heavy atom. The third-order valence-electron chi connectivity index (χ3n) is 2.49. The molecule has 1 rings (SSSR count). The van der Waals surface area contributed by atoms with Crippen LogP contribution in [0.5, 0.6) is 5.75 Å². The van der Waals surface area contributed by atoms with Gasteiger partial charge in [0.05, 0.1) is 11.0 Å². The average molecular weight is 251 g/mol. The van der Waals surface area contributed by atoms with E-state index in [1.165, 1.54) is 24.3 Å². The maximum atomic E-state index is 11.5. The van der Waals surface area contributed by atoms with Crippen LogP contribution in [-0.2, 0) is 4.79 Å². The van der Waals surface area contributed by atoms with Crippen LogP contribution in [0.2, 0.25) is 0 Å². The van der Waals surface area contributed by atoms with E-state index in [1.807, 2.05) is 0 Å². The summed E-state index contributed by atoms with van der Waals surface area (Å²) in [6.45, 7) is 2.10. The molecule has 0 spiro atoms. The summed E-state index contributed by atoms with van der Waals surface area (Å²) in [5.41, 5.74) is -0.0775. The molecule has 0 aliphatic carbocycles. The van der Waals surface area contributed by atoms with Crippen molar-refractivity contribution in [3.05, 3.63) is 34.4 Å². The van der Waals surface area contributed by atoms with Gasteiger partial charge >= 0.3 is 5.97 Å². The van der Waals surface area contributed by atoms with E-state index in [-0.39, 0.29) is 17.4 Å². The first-order valence-electron chi connectivity index (χ1n) is 6.08. The van der Waals surface area contributed by atoms with Crippen LogP contribution in [0.1, 0.15) is 39.0 Å². The number of ether oxygens (including phenoxy) is 1. The standard InChI is InChI=1S/C13H17NO4/c1-2-3-4-5-9-13(15)18-12-8-6-7-11(10-12)14(16)17/h6-8,10H,2-5,9H2,1H3. The maximum absolute atomic E-state index is 11.5. The average Bonchev–Trinajstić information content (AvgIpc) is 2.35. The monoisotopic (exact) mass is 251 g/mol. The molecule has 0 fully saturated rings. The molecule has 0 aliphatic rings. The van der Waals surface area contributed by atoms with Gasteiger partial charge in [-0.25, -0.2) is 0 Å². The summed E-state index contributed by atoms with van der Waals surface area (Å²) in [6, 6.07) is 5.65. The Labute approximate surface area is 106 Å². The highest BCUT2D eigenvalue weighted by Crippen LogP contribution is 2.19. The van der Waals surface area contributed by atoms with E-state index < -0.39 is 4.92 Å². The van der Waals surface area contributed by atoms with Gasteiger partial charge in [-0.3, -0.25) is 14.9 Å². The molecule has 0 radical (unpaired) electrons. The molecule has 98 valence electrons. The molecule has 0 atom stereocenters. The number of carbonyl (C=O) groups excluding carboxylic acids is 1. The maximum Gasteiger partial charge on any atom is 0.311 e. The molecule has 0 aromatic heterocycles. The van der Waals surface area contributed by atoms with E-state index in [0.29, 0.717) is 6.42 Å². The summed E-state index contributed by atoms with van der Waals surface area (Å²) in [5, 5.41) is 10.5. The molecule has 18 heavy (non-hydrogen) atoms. The second-order valence-corrected chi connectivity index (χ2v) is 4.04. The van der Waals surface area contributed by atoms with Crippen molar-refractivity contribution in [2.75, 3.05) is 0 Å². The van der Waals surface area contributed by atoms with Crippen molar-refractivity contribution in [2.24, 2.45) is 0 Å². The smallest absolute Gasteiger partial charge is 0.311 e. The van der Waals surface area contributed by atoms with Crippen LogP contribution in [0.15, 0.2) is 24.3 Å². The van der Waals surface area contributed by atoms with Gasteiger partial charge in [0.1, 0.15) is 5.75 Å². The molecule has 0 bridgehead atoms. The van der Waals surface area contributed by atoms with E-state index in [9.17, 15) is 14.9 Å². The first-order valence-corrected chi connectivity index (χ1v) is 6.08. The number of nitro benzene ring substituents is 1. The Bertz CT molecular complexity index is 417. The molecular weight excluding hydrogens is 234 g/mol. The number of nitro groups is 1. The number of esters is 1. The topological polar surface area (TPSA) is 69.4 Å². The van der Waals surface area contributed by atoms with Gasteiger partial charge in [-0.15, -0.1) is 0 Å². The third-order valence-corrected chi connectivity index (χ3v) is 2.49. The lowest BCUT2D eigenvalue weighted by molar-refractivity contribution is -0.384. The van der Waals surface area contributed by atoms with Crippen LogP contribution in [0.3, 0.4) is 0 Å². The Morgan fingerprint density at radius 3 is 2.78 bits per heavy atom. The van der Waals surface area contributed by atoms with Crippen molar-refractivity contribution in [1.29, 1.82) is 0 Å². The van der Waals surface area contributed by atoms with Gasteiger partial charge in [0, 0.05) is 12.5 Å². The Hall–Kier alpha value is -1.91. The minimum absolute atomic E-state index is 0.0775. The number of rotatable bonds is 7. The molecule has 0 saturated heterocycles. The largest absolute Gasteiger partial charge is 0.426 e. The molecule has 5 nitrogen and oxygen atoms in total. The summed E-state index contributed by atoms with van der Waals surface area (Å²) in [5.74, 6) is -0.115. The molecule has 0 aliphatic heterocycles. The Balaban J connectivity index is 2.44. The fourth-order valence-corrected chi connectivity index (χ4v) is 1.54. The number of hydrogen-bond donors (Lipinski definition) is 0. The van der Waals surface area contributed by atoms with Crippen molar-refractivity contribution in [2.45, 2.75) is 39.0 Å². The van der Waals surface area contributed by atoms with Crippen LogP contribution < -0.4 is 4.74 Å². The molecular formula is C13H17NO4. The van der Waals surface area contributed by atoms with Gasteiger partial charge in [-0.1, -0.05) is 32.3 Å². The predicted molar refractivity (Wildman–Crippen MR) is 67.5 cm³/mol. The second kappa shape index (κ2) is 7.42. The highest BCUT2D eigenvalue weighted by atomic mass is 16.6. The second-order valence-electron chi connectivity index (χ2n) is 4.04. The first kappa shape index (κ1) is 14.2. The Morgan fingerprint density at radius 1 is 1.33 bits per heavy atom.